The highest BCUT2D eigenvalue weighted by Crippen LogP contribution is 2.23. The number of hydrogen-bond acceptors (Lipinski definition) is 3. The van der Waals surface area contributed by atoms with E-state index in [1.165, 1.54) is 19.3 Å². The molecule has 15 heavy (non-hydrogen) atoms. The Hall–Kier alpha value is -1.40. The van der Waals surface area contributed by atoms with Crippen LogP contribution in [0.3, 0.4) is 0 Å². The summed E-state index contributed by atoms with van der Waals surface area (Å²) in [6.45, 7) is 0.375. The molecule has 0 aromatic carbocycles. The largest absolute Gasteiger partial charge is 0.362 e. The average molecular weight is 223 g/mol. The van der Waals surface area contributed by atoms with Crippen LogP contribution in [-0.2, 0) is 0 Å². The van der Waals surface area contributed by atoms with Crippen LogP contribution in [0.5, 0.6) is 0 Å². The normalized spacial score (nSPS) is 11.9. The van der Waals surface area contributed by atoms with Gasteiger partial charge in [-0.15, -0.1) is 0 Å². The smallest absolute Gasteiger partial charge is 0.324 e. The second-order valence-corrected chi connectivity index (χ2v) is 2.91. The first-order valence-corrected chi connectivity index (χ1v) is 4.11. The molecule has 0 atom stereocenters. The van der Waals surface area contributed by atoms with E-state index in [1.54, 1.807) is 0 Å². The van der Waals surface area contributed by atoms with E-state index in [9.17, 15) is 17.6 Å². The first-order chi connectivity index (χ1) is 6.93. The van der Waals surface area contributed by atoms with E-state index in [2.05, 4.69) is 15.3 Å². The fraction of sp³-hybridized carbons (Fsp3) is 0.500. The molecule has 0 unspecified atom stereocenters. The summed E-state index contributed by atoms with van der Waals surface area (Å²) >= 11 is 0. The van der Waals surface area contributed by atoms with E-state index in [-0.39, 0.29) is 5.82 Å². The number of rotatable bonds is 4. The fourth-order valence-electron chi connectivity index (χ4n) is 0.860. The van der Waals surface area contributed by atoms with Gasteiger partial charge in [-0.25, -0.2) is 13.8 Å². The Morgan fingerprint density at radius 3 is 2.47 bits per heavy atom. The quantitative estimate of drug-likeness (QED) is 0.794. The van der Waals surface area contributed by atoms with Gasteiger partial charge in [-0.3, -0.25) is 4.98 Å². The Morgan fingerprint density at radius 2 is 1.93 bits per heavy atom. The van der Waals surface area contributed by atoms with Crippen LogP contribution >= 0.6 is 0 Å². The van der Waals surface area contributed by atoms with Gasteiger partial charge >= 0.3 is 12.3 Å². The van der Waals surface area contributed by atoms with Crippen LogP contribution in [0.15, 0.2) is 12.4 Å². The molecule has 1 heterocycles. The van der Waals surface area contributed by atoms with Crippen molar-refractivity contribution in [2.75, 3.05) is 11.9 Å². The number of nitrogens with zero attached hydrogens (tertiary/aromatic N) is 2. The van der Waals surface area contributed by atoms with Gasteiger partial charge in [0.05, 0.1) is 12.2 Å². The molecule has 7 heteroatoms. The summed E-state index contributed by atoms with van der Waals surface area (Å²) in [5.74, 6) is -3.98. The van der Waals surface area contributed by atoms with Crippen LogP contribution in [0.1, 0.15) is 5.69 Å². The number of alkyl halides is 4. The van der Waals surface area contributed by atoms with E-state index in [0.29, 0.717) is 5.69 Å². The van der Waals surface area contributed by atoms with Gasteiger partial charge in [0, 0.05) is 12.4 Å². The van der Waals surface area contributed by atoms with E-state index < -0.39 is 18.9 Å². The standard InChI is InChI=1S/C8H9F4N3/c1-5-6(14-3-2-13-5)15-4-8(11,12)7(9)10/h2-3,7H,4H2,1H3,(H,14,15). The van der Waals surface area contributed by atoms with Crippen LogP contribution in [0.4, 0.5) is 23.4 Å². The SMILES string of the molecule is Cc1nccnc1NCC(F)(F)C(F)F. The molecule has 1 aromatic heterocycles. The van der Waals surface area contributed by atoms with Crippen LogP contribution in [-0.4, -0.2) is 28.9 Å². The monoisotopic (exact) mass is 223 g/mol. The van der Waals surface area contributed by atoms with Crippen molar-refractivity contribution in [1.29, 1.82) is 0 Å². The lowest BCUT2D eigenvalue weighted by molar-refractivity contribution is -0.117. The van der Waals surface area contributed by atoms with Gasteiger partial charge in [-0.1, -0.05) is 0 Å². The third-order valence-corrected chi connectivity index (χ3v) is 1.69. The average Bonchev–Trinajstić information content (AvgIpc) is 2.16. The molecule has 0 saturated carbocycles. The topological polar surface area (TPSA) is 37.8 Å². The van der Waals surface area contributed by atoms with Crippen LogP contribution in [0.2, 0.25) is 0 Å². The minimum Gasteiger partial charge on any atom is -0.362 e. The number of hydrogen-bond donors (Lipinski definition) is 1. The first kappa shape index (κ1) is 11.7. The van der Waals surface area contributed by atoms with Crippen molar-refractivity contribution in [1.82, 2.24) is 9.97 Å². The zero-order chi connectivity index (χ0) is 11.5. The molecule has 0 radical (unpaired) electrons. The number of anilines is 1. The summed E-state index contributed by atoms with van der Waals surface area (Å²) in [5.41, 5.74) is 0.377. The minimum absolute atomic E-state index is 0.0813. The first-order valence-electron chi connectivity index (χ1n) is 4.11. The zero-order valence-electron chi connectivity index (χ0n) is 7.85. The van der Waals surface area contributed by atoms with Crippen molar-refractivity contribution >= 4 is 5.82 Å². The highest BCUT2D eigenvalue weighted by atomic mass is 19.3. The Labute approximate surface area is 83.5 Å². The summed E-state index contributed by atoms with van der Waals surface area (Å²) in [7, 11) is 0. The van der Waals surface area contributed by atoms with Gasteiger partial charge in [0.25, 0.3) is 0 Å². The summed E-state index contributed by atoms with van der Waals surface area (Å²) in [6, 6.07) is 0. The van der Waals surface area contributed by atoms with E-state index in [4.69, 9.17) is 0 Å². The van der Waals surface area contributed by atoms with Gasteiger partial charge in [0.2, 0.25) is 0 Å². The Kier molecular flexibility index (Phi) is 3.43. The number of halogens is 4. The van der Waals surface area contributed by atoms with Crippen molar-refractivity contribution in [2.24, 2.45) is 0 Å². The van der Waals surface area contributed by atoms with Crippen LogP contribution in [0, 0.1) is 6.92 Å². The lowest BCUT2D eigenvalue weighted by Gasteiger charge is -2.16. The Bertz CT molecular complexity index is 329. The molecule has 0 aliphatic rings. The second-order valence-electron chi connectivity index (χ2n) is 2.91. The lowest BCUT2D eigenvalue weighted by atomic mass is 10.3. The molecule has 0 spiro atoms. The molecule has 84 valence electrons. The number of aromatic nitrogens is 2. The molecule has 3 nitrogen and oxygen atoms in total. The molecule has 0 bridgehead atoms. The molecule has 1 aromatic rings. The molecule has 0 saturated heterocycles. The maximum Gasteiger partial charge on any atom is 0.324 e. The lowest BCUT2D eigenvalue weighted by Crippen LogP contribution is -2.35. The molecule has 0 fully saturated rings. The summed E-state index contributed by atoms with van der Waals surface area (Å²) in [5, 5.41) is 2.13. The van der Waals surface area contributed by atoms with Gasteiger partial charge in [0.15, 0.2) is 0 Å². The number of nitrogens with one attached hydrogen (secondary N) is 1. The molecule has 0 amide bonds. The summed E-state index contributed by atoms with van der Waals surface area (Å²) in [6.07, 6.45) is -1.02. The van der Waals surface area contributed by atoms with Gasteiger partial charge < -0.3 is 5.32 Å². The maximum absolute atomic E-state index is 12.5. The maximum atomic E-state index is 12.5. The third-order valence-electron chi connectivity index (χ3n) is 1.69. The predicted molar refractivity (Wildman–Crippen MR) is 46.2 cm³/mol. The fourth-order valence-corrected chi connectivity index (χ4v) is 0.860. The number of aryl methyl sites for hydroxylation is 1. The second kappa shape index (κ2) is 4.41. The van der Waals surface area contributed by atoms with Crippen molar-refractivity contribution < 1.29 is 17.6 Å². The highest BCUT2D eigenvalue weighted by molar-refractivity contribution is 5.38. The van der Waals surface area contributed by atoms with Gasteiger partial charge in [-0.05, 0) is 6.92 Å². The zero-order valence-corrected chi connectivity index (χ0v) is 7.85. The molecular formula is C8H9F4N3. The highest BCUT2D eigenvalue weighted by Gasteiger charge is 2.40. The van der Waals surface area contributed by atoms with Crippen LogP contribution < -0.4 is 5.32 Å². The van der Waals surface area contributed by atoms with Gasteiger partial charge in [-0.2, -0.15) is 8.78 Å². The summed E-state index contributed by atoms with van der Waals surface area (Å²) in [4.78, 5) is 7.46. The van der Waals surface area contributed by atoms with Crippen molar-refractivity contribution in [3.63, 3.8) is 0 Å². The van der Waals surface area contributed by atoms with Crippen molar-refractivity contribution in [2.45, 2.75) is 19.3 Å². The van der Waals surface area contributed by atoms with Crippen LogP contribution in [0.25, 0.3) is 0 Å². The molecule has 1 N–H and O–H groups in total. The molecule has 0 aliphatic carbocycles. The third kappa shape index (κ3) is 3.03. The summed E-state index contributed by atoms with van der Waals surface area (Å²) < 4.78 is 48.6. The van der Waals surface area contributed by atoms with Gasteiger partial charge in [0.1, 0.15) is 5.82 Å². The minimum atomic E-state index is -4.07. The van der Waals surface area contributed by atoms with Crippen molar-refractivity contribution in [3.8, 4) is 0 Å². The molecule has 0 aliphatic heterocycles. The molecule has 1 rings (SSSR count). The Balaban J connectivity index is 2.62. The Morgan fingerprint density at radius 1 is 1.33 bits per heavy atom. The van der Waals surface area contributed by atoms with E-state index >= 15 is 0 Å². The molecular weight excluding hydrogens is 214 g/mol. The van der Waals surface area contributed by atoms with Crippen molar-refractivity contribution in [3.05, 3.63) is 18.1 Å². The van der Waals surface area contributed by atoms with E-state index in [1.807, 2.05) is 0 Å². The van der Waals surface area contributed by atoms with E-state index in [0.717, 1.165) is 0 Å². The predicted octanol–water partition coefficient (Wildman–Crippen LogP) is 2.10.